The smallest absolute Gasteiger partial charge is 0.243 e. The molecule has 0 saturated carbocycles. The Morgan fingerprint density at radius 2 is 1.63 bits per heavy atom. The molecule has 0 unspecified atom stereocenters. The maximum atomic E-state index is 13.4. The molecule has 1 aliphatic rings. The number of sulfonamides is 1. The molecule has 35 heavy (non-hydrogen) atoms. The lowest BCUT2D eigenvalue weighted by molar-refractivity contribution is -0.131. The molecular weight excluding hydrogens is 489 g/mol. The normalized spacial score (nSPS) is 14.4. The summed E-state index contributed by atoms with van der Waals surface area (Å²) in [5.74, 6) is -0.795. The number of aryl methyl sites for hydroxylation is 1. The lowest BCUT2D eigenvalue weighted by Crippen LogP contribution is -2.51. The molecule has 0 aliphatic carbocycles. The Morgan fingerprint density at radius 3 is 2.29 bits per heavy atom. The number of rotatable bonds is 7. The third-order valence-corrected chi connectivity index (χ3v) is 8.15. The van der Waals surface area contributed by atoms with Gasteiger partial charge in [-0.05, 0) is 54.4 Å². The minimum atomic E-state index is -4.02. The molecule has 0 spiro atoms. The van der Waals surface area contributed by atoms with E-state index in [0.717, 1.165) is 33.3 Å². The summed E-state index contributed by atoms with van der Waals surface area (Å²) in [6.07, 6.45) is 0. The van der Waals surface area contributed by atoms with Crippen LogP contribution in [0, 0.1) is 12.7 Å². The van der Waals surface area contributed by atoms with Gasteiger partial charge in [0.05, 0.1) is 11.4 Å². The van der Waals surface area contributed by atoms with Gasteiger partial charge in [-0.15, -0.1) is 0 Å². The number of nitrogens with zero attached hydrogens (tertiary/aromatic N) is 3. The van der Waals surface area contributed by atoms with Crippen LogP contribution in [0.15, 0.2) is 77.7 Å². The highest BCUT2D eigenvalue weighted by molar-refractivity contribution is 7.89. The van der Waals surface area contributed by atoms with E-state index in [1.54, 1.807) is 4.90 Å². The summed E-state index contributed by atoms with van der Waals surface area (Å²) in [6.45, 7) is 3.94. The van der Waals surface area contributed by atoms with Gasteiger partial charge in [0.2, 0.25) is 15.9 Å². The van der Waals surface area contributed by atoms with E-state index in [1.165, 1.54) is 12.1 Å². The molecule has 1 amide bonds. The Labute approximate surface area is 210 Å². The van der Waals surface area contributed by atoms with E-state index in [0.29, 0.717) is 31.2 Å². The highest BCUT2D eigenvalue weighted by Crippen LogP contribution is 2.26. The summed E-state index contributed by atoms with van der Waals surface area (Å²) in [6, 6.07) is 19.5. The van der Waals surface area contributed by atoms with Crippen molar-refractivity contribution in [3.05, 3.63) is 94.8 Å². The standard InChI is InChI=1S/C26H27ClFN3O3S/c1-20-7-8-22(27)17-25(20)29-13-15-30(16-14-29)26(32)19-31(18-21-5-3-2-4-6-21)35(33,34)24-11-9-23(28)10-12-24/h2-12,17H,13-16,18-19H2,1H3. The van der Waals surface area contributed by atoms with Crippen LogP contribution in [0.5, 0.6) is 0 Å². The molecule has 0 N–H and O–H groups in total. The Morgan fingerprint density at radius 1 is 0.971 bits per heavy atom. The Balaban J connectivity index is 1.49. The van der Waals surface area contributed by atoms with E-state index in [4.69, 9.17) is 11.6 Å². The fourth-order valence-corrected chi connectivity index (χ4v) is 5.68. The van der Waals surface area contributed by atoms with Gasteiger partial charge in [0.15, 0.2) is 0 Å². The van der Waals surface area contributed by atoms with Crippen molar-refractivity contribution >= 4 is 33.2 Å². The Hall–Kier alpha value is -2.94. The molecular formula is C26H27ClFN3O3S. The molecule has 6 nitrogen and oxygen atoms in total. The summed E-state index contributed by atoms with van der Waals surface area (Å²) in [4.78, 5) is 17.0. The van der Waals surface area contributed by atoms with Gasteiger partial charge in [0.1, 0.15) is 5.82 Å². The molecule has 0 atom stereocenters. The average molecular weight is 516 g/mol. The number of carbonyl (C=O) groups is 1. The fourth-order valence-electron chi connectivity index (χ4n) is 4.14. The minimum Gasteiger partial charge on any atom is -0.368 e. The first-order valence-electron chi connectivity index (χ1n) is 11.3. The number of benzene rings is 3. The number of carbonyl (C=O) groups excluding carboxylic acids is 1. The molecule has 1 saturated heterocycles. The Bertz CT molecular complexity index is 1280. The predicted octanol–water partition coefficient (Wildman–Crippen LogP) is 4.33. The van der Waals surface area contributed by atoms with Crippen molar-refractivity contribution in [2.45, 2.75) is 18.4 Å². The first-order valence-corrected chi connectivity index (χ1v) is 13.1. The Kier molecular flexibility index (Phi) is 7.74. The zero-order valence-electron chi connectivity index (χ0n) is 19.4. The molecule has 0 radical (unpaired) electrons. The van der Waals surface area contributed by atoms with Crippen LogP contribution in [-0.2, 0) is 21.4 Å². The van der Waals surface area contributed by atoms with Crippen LogP contribution < -0.4 is 4.90 Å². The van der Waals surface area contributed by atoms with Crippen molar-refractivity contribution in [3.63, 3.8) is 0 Å². The van der Waals surface area contributed by atoms with Gasteiger partial charge >= 0.3 is 0 Å². The third-order valence-electron chi connectivity index (χ3n) is 6.11. The van der Waals surface area contributed by atoms with E-state index in [9.17, 15) is 17.6 Å². The second-order valence-corrected chi connectivity index (χ2v) is 10.9. The number of hydrogen-bond acceptors (Lipinski definition) is 4. The van der Waals surface area contributed by atoms with Crippen LogP contribution in [0.4, 0.5) is 10.1 Å². The molecule has 1 fully saturated rings. The van der Waals surface area contributed by atoms with Crippen LogP contribution in [0.1, 0.15) is 11.1 Å². The van der Waals surface area contributed by atoms with Crippen LogP contribution in [0.2, 0.25) is 5.02 Å². The summed E-state index contributed by atoms with van der Waals surface area (Å²) < 4.78 is 41.3. The first-order chi connectivity index (χ1) is 16.7. The van der Waals surface area contributed by atoms with Crippen molar-refractivity contribution in [3.8, 4) is 0 Å². The van der Waals surface area contributed by atoms with Crippen LogP contribution in [0.3, 0.4) is 0 Å². The quantitative estimate of drug-likeness (QED) is 0.470. The molecule has 1 heterocycles. The van der Waals surface area contributed by atoms with Crippen LogP contribution >= 0.6 is 11.6 Å². The fraction of sp³-hybridized carbons (Fsp3) is 0.269. The van der Waals surface area contributed by atoms with Crippen molar-refractivity contribution in [1.82, 2.24) is 9.21 Å². The summed E-state index contributed by atoms with van der Waals surface area (Å²) in [7, 11) is -4.02. The lowest BCUT2D eigenvalue weighted by Gasteiger charge is -2.37. The molecule has 3 aromatic carbocycles. The molecule has 3 aromatic rings. The third kappa shape index (κ3) is 6.01. The zero-order valence-corrected chi connectivity index (χ0v) is 21.0. The second-order valence-electron chi connectivity index (χ2n) is 8.51. The van der Waals surface area contributed by atoms with Gasteiger partial charge < -0.3 is 9.80 Å². The summed E-state index contributed by atoms with van der Waals surface area (Å²) >= 11 is 6.17. The van der Waals surface area contributed by atoms with Crippen molar-refractivity contribution in [1.29, 1.82) is 0 Å². The number of piperazine rings is 1. The van der Waals surface area contributed by atoms with Crippen molar-refractivity contribution in [2.75, 3.05) is 37.6 Å². The number of hydrogen-bond donors (Lipinski definition) is 0. The van der Waals surface area contributed by atoms with Gasteiger partial charge in [-0.1, -0.05) is 48.0 Å². The van der Waals surface area contributed by atoms with E-state index < -0.39 is 15.8 Å². The van der Waals surface area contributed by atoms with Gasteiger partial charge in [-0.3, -0.25) is 4.79 Å². The van der Waals surface area contributed by atoms with Crippen LogP contribution in [0.25, 0.3) is 0 Å². The molecule has 0 bridgehead atoms. The second kappa shape index (κ2) is 10.8. The topological polar surface area (TPSA) is 60.9 Å². The SMILES string of the molecule is Cc1ccc(Cl)cc1N1CCN(C(=O)CN(Cc2ccccc2)S(=O)(=O)c2ccc(F)cc2)CC1. The van der Waals surface area contributed by atoms with Crippen LogP contribution in [-0.4, -0.2) is 56.3 Å². The lowest BCUT2D eigenvalue weighted by atomic mass is 10.1. The van der Waals surface area contributed by atoms with Crippen molar-refractivity contribution in [2.24, 2.45) is 0 Å². The van der Waals surface area contributed by atoms with Gasteiger partial charge in [0, 0.05) is 43.4 Å². The van der Waals surface area contributed by atoms with E-state index >= 15 is 0 Å². The monoisotopic (exact) mass is 515 g/mol. The average Bonchev–Trinajstić information content (AvgIpc) is 2.86. The molecule has 0 aromatic heterocycles. The predicted molar refractivity (Wildman–Crippen MR) is 135 cm³/mol. The van der Waals surface area contributed by atoms with Crippen molar-refractivity contribution < 1.29 is 17.6 Å². The van der Waals surface area contributed by atoms with Gasteiger partial charge in [-0.25, -0.2) is 12.8 Å². The minimum absolute atomic E-state index is 0.0357. The molecule has 184 valence electrons. The highest BCUT2D eigenvalue weighted by atomic mass is 35.5. The van der Waals surface area contributed by atoms with E-state index in [-0.39, 0.29) is 23.9 Å². The highest BCUT2D eigenvalue weighted by Gasteiger charge is 2.30. The zero-order chi connectivity index (χ0) is 25.0. The maximum Gasteiger partial charge on any atom is 0.243 e. The van der Waals surface area contributed by atoms with E-state index in [2.05, 4.69) is 4.90 Å². The van der Waals surface area contributed by atoms with Gasteiger partial charge in [-0.2, -0.15) is 4.31 Å². The maximum absolute atomic E-state index is 13.4. The molecule has 4 rings (SSSR count). The van der Waals surface area contributed by atoms with Gasteiger partial charge in [0.25, 0.3) is 0 Å². The molecule has 9 heteroatoms. The first kappa shape index (κ1) is 25.2. The number of anilines is 1. The summed E-state index contributed by atoms with van der Waals surface area (Å²) in [5, 5.41) is 0.659. The molecule has 1 aliphatic heterocycles. The largest absolute Gasteiger partial charge is 0.368 e. The number of amides is 1. The summed E-state index contributed by atoms with van der Waals surface area (Å²) in [5.41, 5.74) is 2.90. The number of halogens is 2. The van der Waals surface area contributed by atoms with E-state index in [1.807, 2.05) is 55.5 Å².